The second kappa shape index (κ2) is 9.72. The summed E-state index contributed by atoms with van der Waals surface area (Å²) in [5.74, 6) is 2.01. The number of anilines is 1. The van der Waals surface area contributed by atoms with Gasteiger partial charge in [-0.3, -0.25) is 0 Å². The third-order valence-corrected chi connectivity index (χ3v) is 5.96. The highest BCUT2D eigenvalue weighted by atomic mass is 16.5. The molecular weight excluding hydrogens is 432 g/mol. The number of ether oxygens (including phenoxy) is 2. The van der Waals surface area contributed by atoms with E-state index in [-0.39, 0.29) is 13.2 Å². The van der Waals surface area contributed by atoms with Gasteiger partial charge < -0.3 is 24.6 Å². The second-order valence-corrected chi connectivity index (χ2v) is 8.08. The van der Waals surface area contributed by atoms with Crippen molar-refractivity contribution in [2.24, 2.45) is 0 Å². The molecule has 5 rings (SSSR count). The third kappa shape index (κ3) is 4.31. The van der Waals surface area contributed by atoms with E-state index in [0.29, 0.717) is 36.0 Å². The number of aromatic nitrogens is 3. The van der Waals surface area contributed by atoms with Crippen molar-refractivity contribution in [3.8, 4) is 28.4 Å². The minimum atomic E-state index is -0.126. The van der Waals surface area contributed by atoms with Crippen LogP contribution in [0, 0.1) is 0 Å². The van der Waals surface area contributed by atoms with Crippen LogP contribution in [0.4, 0.5) is 5.82 Å². The number of methoxy groups -OCH3 is 1. The fourth-order valence-electron chi connectivity index (χ4n) is 4.17. The molecule has 8 nitrogen and oxygen atoms in total. The van der Waals surface area contributed by atoms with Crippen molar-refractivity contribution in [3.05, 3.63) is 65.7 Å². The summed E-state index contributed by atoms with van der Waals surface area (Å²) in [7, 11) is 1.58. The second-order valence-electron chi connectivity index (χ2n) is 8.08. The van der Waals surface area contributed by atoms with Gasteiger partial charge >= 0.3 is 0 Å². The van der Waals surface area contributed by atoms with Crippen LogP contribution in [0.15, 0.2) is 54.6 Å². The Hall–Kier alpha value is -3.59. The van der Waals surface area contributed by atoms with Crippen LogP contribution in [0.3, 0.4) is 0 Å². The number of nitrogens with zero attached hydrogens (tertiary/aromatic N) is 4. The minimum absolute atomic E-state index is 0.0508. The van der Waals surface area contributed by atoms with Crippen LogP contribution in [-0.2, 0) is 18.0 Å². The lowest BCUT2D eigenvalue weighted by Gasteiger charge is -2.29. The van der Waals surface area contributed by atoms with Crippen molar-refractivity contribution in [1.82, 2.24) is 15.0 Å². The molecule has 2 N–H and O–H groups in total. The molecule has 1 aliphatic rings. The Balaban J connectivity index is 1.66. The lowest BCUT2D eigenvalue weighted by atomic mass is 10.1. The molecule has 0 radical (unpaired) electrons. The highest BCUT2D eigenvalue weighted by Crippen LogP contribution is 2.31. The first-order valence-corrected chi connectivity index (χ1v) is 11.2. The maximum Gasteiger partial charge on any atom is 0.165 e. The summed E-state index contributed by atoms with van der Waals surface area (Å²) in [5.41, 5.74) is 4.50. The van der Waals surface area contributed by atoms with Crippen LogP contribution in [0.1, 0.15) is 11.1 Å². The average Bonchev–Trinajstić information content (AvgIpc) is 2.92. The van der Waals surface area contributed by atoms with Gasteiger partial charge in [0.15, 0.2) is 11.5 Å². The average molecular weight is 459 g/mol. The summed E-state index contributed by atoms with van der Waals surface area (Å²) in [5, 5.41) is 20.2. The van der Waals surface area contributed by atoms with Crippen LogP contribution in [0.25, 0.3) is 33.7 Å². The standard InChI is InChI=1S/C26H26N4O4/c1-33-23-8-5-18(14-20(23)16-32)22-7-6-21-25(27-22)28-24(19-4-2-3-17(13-19)15-31)29-26(21)30-9-11-34-12-10-30/h2-8,13-14,31-32H,9-12,15-16H2,1H3. The Morgan fingerprint density at radius 2 is 1.76 bits per heavy atom. The van der Waals surface area contributed by atoms with Crippen LogP contribution in [0.2, 0.25) is 0 Å². The first-order chi connectivity index (χ1) is 16.7. The molecule has 4 aromatic rings. The molecule has 174 valence electrons. The van der Waals surface area contributed by atoms with Crippen molar-refractivity contribution < 1.29 is 19.7 Å². The van der Waals surface area contributed by atoms with Gasteiger partial charge in [-0.25, -0.2) is 15.0 Å². The van der Waals surface area contributed by atoms with Crippen molar-refractivity contribution >= 4 is 16.9 Å². The Labute approximate surface area is 197 Å². The van der Waals surface area contributed by atoms with Crippen molar-refractivity contribution in [2.45, 2.75) is 13.2 Å². The molecule has 3 heterocycles. The zero-order valence-electron chi connectivity index (χ0n) is 18.9. The molecule has 0 spiro atoms. The first kappa shape index (κ1) is 22.2. The molecule has 0 bridgehead atoms. The molecule has 34 heavy (non-hydrogen) atoms. The van der Waals surface area contributed by atoms with Crippen LogP contribution in [0.5, 0.6) is 5.75 Å². The molecule has 8 heteroatoms. The van der Waals surface area contributed by atoms with E-state index in [9.17, 15) is 10.2 Å². The van der Waals surface area contributed by atoms with Crippen LogP contribution in [-0.4, -0.2) is 58.6 Å². The number of hydrogen-bond donors (Lipinski definition) is 2. The smallest absolute Gasteiger partial charge is 0.165 e. The summed E-state index contributed by atoms with van der Waals surface area (Å²) >= 11 is 0. The van der Waals surface area contributed by atoms with E-state index >= 15 is 0 Å². The molecule has 0 unspecified atom stereocenters. The maximum atomic E-state index is 9.72. The van der Waals surface area contributed by atoms with Gasteiger partial charge in [0.05, 0.1) is 44.6 Å². The molecule has 0 atom stereocenters. The number of aliphatic hydroxyl groups excluding tert-OH is 2. The van der Waals surface area contributed by atoms with E-state index in [0.717, 1.165) is 46.7 Å². The van der Waals surface area contributed by atoms with E-state index in [2.05, 4.69) is 4.90 Å². The summed E-state index contributed by atoms with van der Waals surface area (Å²) in [6, 6.07) is 17.2. The van der Waals surface area contributed by atoms with E-state index < -0.39 is 0 Å². The molecule has 1 aliphatic heterocycles. The quantitative estimate of drug-likeness (QED) is 0.454. The zero-order chi connectivity index (χ0) is 23.5. The van der Waals surface area contributed by atoms with Gasteiger partial charge in [0.1, 0.15) is 11.6 Å². The molecular formula is C26H26N4O4. The molecule has 1 fully saturated rings. The molecule has 0 saturated carbocycles. The fourth-order valence-corrected chi connectivity index (χ4v) is 4.17. The normalized spacial score (nSPS) is 13.9. The number of benzene rings is 2. The fraction of sp³-hybridized carbons (Fsp3) is 0.269. The van der Waals surface area contributed by atoms with Gasteiger partial charge in [0.2, 0.25) is 0 Å². The van der Waals surface area contributed by atoms with E-state index in [1.165, 1.54) is 0 Å². The van der Waals surface area contributed by atoms with Gasteiger partial charge in [-0.15, -0.1) is 0 Å². The topological polar surface area (TPSA) is 101 Å². The summed E-state index contributed by atoms with van der Waals surface area (Å²) < 4.78 is 10.9. The number of aliphatic hydroxyl groups is 2. The van der Waals surface area contributed by atoms with Crippen molar-refractivity contribution in [2.75, 3.05) is 38.3 Å². The number of morpholine rings is 1. The Morgan fingerprint density at radius 1 is 0.912 bits per heavy atom. The van der Waals surface area contributed by atoms with E-state index in [1.807, 2.05) is 54.6 Å². The van der Waals surface area contributed by atoms with Crippen LogP contribution < -0.4 is 9.64 Å². The first-order valence-electron chi connectivity index (χ1n) is 11.2. The third-order valence-electron chi connectivity index (χ3n) is 5.96. The lowest BCUT2D eigenvalue weighted by molar-refractivity contribution is 0.122. The summed E-state index contributed by atoms with van der Waals surface area (Å²) in [6.07, 6.45) is 0. The molecule has 2 aromatic heterocycles. The number of rotatable bonds is 6. The zero-order valence-corrected chi connectivity index (χ0v) is 18.9. The predicted octanol–water partition coefficient (Wildman–Crippen LogP) is 3.19. The van der Waals surface area contributed by atoms with E-state index in [1.54, 1.807) is 7.11 Å². The highest BCUT2D eigenvalue weighted by molar-refractivity contribution is 5.90. The van der Waals surface area contributed by atoms with Crippen LogP contribution >= 0.6 is 0 Å². The number of fused-ring (bicyclic) bond motifs is 1. The highest BCUT2D eigenvalue weighted by Gasteiger charge is 2.19. The molecule has 1 saturated heterocycles. The number of pyridine rings is 1. The molecule has 0 aliphatic carbocycles. The van der Waals surface area contributed by atoms with E-state index in [4.69, 9.17) is 24.4 Å². The number of hydrogen-bond acceptors (Lipinski definition) is 8. The predicted molar refractivity (Wildman–Crippen MR) is 130 cm³/mol. The van der Waals surface area contributed by atoms with Gasteiger partial charge in [-0.05, 0) is 42.0 Å². The van der Waals surface area contributed by atoms with Gasteiger partial charge in [0.25, 0.3) is 0 Å². The maximum absolute atomic E-state index is 9.72. The summed E-state index contributed by atoms with van der Waals surface area (Å²) in [6.45, 7) is 2.58. The van der Waals surface area contributed by atoms with Crippen molar-refractivity contribution in [3.63, 3.8) is 0 Å². The van der Waals surface area contributed by atoms with Gasteiger partial charge in [-0.1, -0.05) is 18.2 Å². The summed E-state index contributed by atoms with van der Waals surface area (Å²) in [4.78, 5) is 16.8. The van der Waals surface area contributed by atoms with Gasteiger partial charge in [-0.2, -0.15) is 0 Å². The minimum Gasteiger partial charge on any atom is -0.496 e. The van der Waals surface area contributed by atoms with Gasteiger partial charge in [0, 0.05) is 29.8 Å². The molecule has 0 amide bonds. The Morgan fingerprint density at radius 3 is 2.53 bits per heavy atom. The molecule has 2 aromatic carbocycles. The SMILES string of the molecule is COc1ccc(-c2ccc3c(N4CCOCC4)nc(-c4cccc(CO)c4)nc3n2)cc1CO. The largest absolute Gasteiger partial charge is 0.496 e. The Kier molecular flexibility index (Phi) is 6.35. The monoisotopic (exact) mass is 458 g/mol. The van der Waals surface area contributed by atoms with Crippen molar-refractivity contribution in [1.29, 1.82) is 0 Å². The Bertz CT molecular complexity index is 1320. The lowest BCUT2D eigenvalue weighted by Crippen LogP contribution is -2.37.